The third-order valence-electron chi connectivity index (χ3n) is 4.17. The number of fused-ring (bicyclic) bond motifs is 1. The van der Waals surface area contributed by atoms with Crippen molar-refractivity contribution in [2.45, 2.75) is 46.1 Å². The molecular formula is C20H25NO2. The Labute approximate surface area is 138 Å². The van der Waals surface area contributed by atoms with Crippen molar-refractivity contribution in [3.63, 3.8) is 0 Å². The topological polar surface area (TPSA) is 49.3 Å². The minimum absolute atomic E-state index is 0.409. The van der Waals surface area contributed by atoms with Crippen molar-refractivity contribution in [1.82, 2.24) is 5.48 Å². The van der Waals surface area contributed by atoms with Crippen molar-refractivity contribution in [1.29, 1.82) is 0 Å². The highest BCUT2D eigenvalue weighted by atomic mass is 16.5. The summed E-state index contributed by atoms with van der Waals surface area (Å²) < 4.78 is 0. The fraction of sp³-hybridized carbons (Fsp3) is 0.350. The zero-order valence-electron chi connectivity index (χ0n) is 14.5. The maximum absolute atomic E-state index is 11.5. The van der Waals surface area contributed by atoms with Crippen molar-refractivity contribution < 1.29 is 10.0 Å². The minimum atomic E-state index is -0.530. The zero-order valence-corrected chi connectivity index (χ0v) is 14.5. The molecule has 0 atom stereocenters. The molecule has 0 aromatic heterocycles. The van der Waals surface area contributed by atoms with Gasteiger partial charge in [-0.1, -0.05) is 44.2 Å². The summed E-state index contributed by atoms with van der Waals surface area (Å²) in [6.07, 6.45) is 4.77. The number of nitrogens with one attached hydrogen (secondary N) is 1. The highest BCUT2D eigenvalue weighted by Gasteiger charge is 2.18. The van der Waals surface area contributed by atoms with Crippen molar-refractivity contribution in [2.24, 2.45) is 0 Å². The number of carbonyl (C=O) groups is 1. The van der Waals surface area contributed by atoms with Gasteiger partial charge in [-0.25, -0.2) is 0 Å². The SMILES string of the molecule is Cc1ccc(C(C)C)cc2c(C=CC(C)(C)NO)cc(C=O)c1-2. The standard InChI is InChI=1S/C20H25NO2/c1-13(2)15-7-6-14(3)19-17(12-22)10-16(18(19)11-15)8-9-20(4,5)21-23/h6-13,21,23H,1-5H3. The predicted molar refractivity (Wildman–Crippen MR) is 95.3 cm³/mol. The summed E-state index contributed by atoms with van der Waals surface area (Å²) in [5.74, 6) is 0.409. The molecule has 0 heterocycles. The molecule has 2 aliphatic rings. The second kappa shape index (κ2) is 6.65. The summed E-state index contributed by atoms with van der Waals surface area (Å²) in [7, 11) is 0. The Bertz CT molecular complexity index is 714. The predicted octanol–water partition coefficient (Wildman–Crippen LogP) is 4.81. The molecule has 0 spiro atoms. The van der Waals surface area contributed by atoms with Crippen LogP contribution in [0.25, 0.3) is 17.2 Å². The molecule has 0 unspecified atom stereocenters. The van der Waals surface area contributed by atoms with Gasteiger partial charge in [0.05, 0.1) is 5.54 Å². The smallest absolute Gasteiger partial charge is 0.150 e. The molecule has 2 rings (SSSR count). The molecule has 0 aromatic rings. The first-order valence-corrected chi connectivity index (χ1v) is 7.92. The molecule has 23 heavy (non-hydrogen) atoms. The first-order chi connectivity index (χ1) is 10.8. The summed E-state index contributed by atoms with van der Waals surface area (Å²) in [5, 5.41) is 9.18. The monoisotopic (exact) mass is 311 g/mol. The summed E-state index contributed by atoms with van der Waals surface area (Å²) in [6.45, 7) is 10.1. The van der Waals surface area contributed by atoms with Crippen LogP contribution in [0.5, 0.6) is 0 Å². The van der Waals surface area contributed by atoms with Gasteiger partial charge < -0.3 is 5.21 Å². The van der Waals surface area contributed by atoms with Gasteiger partial charge in [-0.15, -0.1) is 0 Å². The normalized spacial score (nSPS) is 12.5. The van der Waals surface area contributed by atoms with Crippen LogP contribution < -0.4 is 5.48 Å². The van der Waals surface area contributed by atoms with Crippen LogP contribution in [-0.4, -0.2) is 17.0 Å². The van der Waals surface area contributed by atoms with E-state index in [-0.39, 0.29) is 0 Å². The number of rotatable bonds is 5. The molecule has 122 valence electrons. The Morgan fingerprint density at radius 1 is 1.17 bits per heavy atom. The van der Waals surface area contributed by atoms with Crippen molar-refractivity contribution in [2.75, 3.05) is 0 Å². The minimum Gasteiger partial charge on any atom is -0.316 e. The summed E-state index contributed by atoms with van der Waals surface area (Å²) in [6, 6.07) is 8.29. The van der Waals surface area contributed by atoms with Gasteiger partial charge in [0.15, 0.2) is 6.29 Å². The second-order valence-corrected chi connectivity index (χ2v) is 6.94. The molecule has 2 N–H and O–H groups in total. The first kappa shape index (κ1) is 17.4. The summed E-state index contributed by atoms with van der Waals surface area (Å²) >= 11 is 0. The Kier molecular flexibility index (Phi) is 5.03. The Hall–Kier alpha value is -1.97. The lowest BCUT2D eigenvalue weighted by molar-refractivity contribution is 0.107. The maximum atomic E-state index is 11.5. The lowest BCUT2D eigenvalue weighted by Crippen LogP contribution is -2.33. The number of aldehydes is 1. The Morgan fingerprint density at radius 2 is 1.87 bits per heavy atom. The van der Waals surface area contributed by atoms with Crippen molar-refractivity contribution >= 4 is 12.4 Å². The van der Waals surface area contributed by atoms with Crippen LogP contribution in [0.1, 0.15) is 60.7 Å². The fourth-order valence-corrected chi connectivity index (χ4v) is 2.66. The van der Waals surface area contributed by atoms with Crippen molar-refractivity contribution in [3.8, 4) is 11.1 Å². The van der Waals surface area contributed by atoms with E-state index >= 15 is 0 Å². The van der Waals surface area contributed by atoms with Crippen molar-refractivity contribution in [3.05, 3.63) is 52.6 Å². The van der Waals surface area contributed by atoms with Gasteiger partial charge in [-0.05, 0) is 60.6 Å². The van der Waals surface area contributed by atoms with Gasteiger partial charge in [0.2, 0.25) is 0 Å². The van der Waals surface area contributed by atoms with Gasteiger partial charge in [-0.3, -0.25) is 4.79 Å². The van der Waals surface area contributed by atoms with E-state index in [1.807, 2.05) is 39.0 Å². The van der Waals surface area contributed by atoms with E-state index in [9.17, 15) is 10.0 Å². The van der Waals surface area contributed by atoms with Gasteiger partial charge in [0.1, 0.15) is 0 Å². The number of hydrogen-bond acceptors (Lipinski definition) is 3. The van der Waals surface area contributed by atoms with Crippen LogP contribution in [-0.2, 0) is 0 Å². The average Bonchev–Trinajstić information content (AvgIpc) is 2.76. The lowest BCUT2D eigenvalue weighted by atomic mass is 9.99. The van der Waals surface area contributed by atoms with Crippen LogP contribution >= 0.6 is 0 Å². The van der Waals surface area contributed by atoms with E-state index in [4.69, 9.17) is 0 Å². The third kappa shape index (κ3) is 3.69. The molecule has 0 radical (unpaired) electrons. The van der Waals surface area contributed by atoms with Gasteiger partial charge >= 0.3 is 0 Å². The average molecular weight is 311 g/mol. The van der Waals surface area contributed by atoms with Crippen LogP contribution in [0.15, 0.2) is 30.3 Å². The van der Waals surface area contributed by atoms with Gasteiger partial charge in [0.25, 0.3) is 0 Å². The molecule has 0 saturated carbocycles. The number of aryl methyl sites for hydroxylation is 1. The fourth-order valence-electron chi connectivity index (χ4n) is 2.66. The lowest BCUT2D eigenvalue weighted by Gasteiger charge is -2.17. The van der Waals surface area contributed by atoms with E-state index < -0.39 is 5.54 Å². The van der Waals surface area contributed by atoms with E-state index in [0.717, 1.165) is 28.5 Å². The highest BCUT2D eigenvalue weighted by Crippen LogP contribution is 2.36. The number of hydrogen-bond donors (Lipinski definition) is 2. The Balaban J connectivity index is 2.67. The second-order valence-electron chi connectivity index (χ2n) is 6.94. The molecule has 0 aliphatic heterocycles. The van der Waals surface area contributed by atoms with Crippen LogP contribution in [0.2, 0.25) is 0 Å². The third-order valence-corrected chi connectivity index (χ3v) is 4.17. The molecule has 3 nitrogen and oxygen atoms in total. The number of carbonyl (C=O) groups excluding carboxylic acids is 1. The largest absolute Gasteiger partial charge is 0.316 e. The maximum Gasteiger partial charge on any atom is 0.150 e. The van der Waals surface area contributed by atoms with Gasteiger partial charge in [0, 0.05) is 5.56 Å². The van der Waals surface area contributed by atoms with E-state index in [1.165, 1.54) is 5.56 Å². The molecular weight excluding hydrogens is 286 g/mol. The number of hydroxylamine groups is 1. The Morgan fingerprint density at radius 3 is 2.43 bits per heavy atom. The van der Waals surface area contributed by atoms with Crippen LogP contribution in [0, 0.1) is 6.92 Å². The van der Waals surface area contributed by atoms with E-state index in [0.29, 0.717) is 11.5 Å². The molecule has 0 saturated heterocycles. The van der Waals surface area contributed by atoms with E-state index in [2.05, 4.69) is 37.5 Å². The van der Waals surface area contributed by atoms with Crippen LogP contribution in [0.4, 0.5) is 0 Å². The summed E-state index contributed by atoms with van der Waals surface area (Å²) in [4.78, 5) is 11.5. The molecule has 3 heteroatoms. The van der Waals surface area contributed by atoms with Gasteiger partial charge in [-0.2, -0.15) is 5.48 Å². The molecule has 0 bridgehead atoms. The van der Waals surface area contributed by atoms with Crippen LogP contribution in [0.3, 0.4) is 0 Å². The van der Waals surface area contributed by atoms with E-state index in [1.54, 1.807) is 0 Å². The highest BCUT2D eigenvalue weighted by molar-refractivity contribution is 5.96. The zero-order chi connectivity index (χ0) is 17.2. The molecule has 0 aromatic carbocycles. The molecule has 0 amide bonds. The first-order valence-electron chi connectivity index (χ1n) is 7.92. The quantitative estimate of drug-likeness (QED) is 0.615. The molecule has 0 fully saturated rings. The summed E-state index contributed by atoms with van der Waals surface area (Å²) in [5.41, 5.74) is 7.84. The molecule has 2 aliphatic carbocycles.